The molecule has 0 aromatic carbocycles. The quantitative estimate of drug-likeness (QED) is 0.806. The van der Waals surface area contributed by atoms with E-state index < -0.39 is 0 Å². The first-order valence-corrected chi connectivity index (χ1v) is 6.32. The highest BCUT2D eigenvalue weighted by atomic mass is 16.2. The third-order valence-corrected chi connectivity index (χ3v) is 3.04. The van der Waals surface area contributed by atoms with E-state index >= 15 is 0 Å². The van der Waals surface area contributed by atoms with Gasteiger partial charge in [-0.3, -0.25) is 14.5 Å². The van der Waals surface area contributed by atoms with Crippen molar-refractivity contribution in [1.82, 2.24) is 10.2 Å². The van der Waals surface area contributed by atoms with Gasteiger partial charge >= 0.3 is 0 Å². The van der Waals surface area contributed by atoms with E-state index in [1.807, 2.05) is 20.8 Å². The van der Waals surface area contributed by atoms with Gasteiger partial charge in [0.05, 0.1) is 6.54 Å². The number of carbonyl (C=O) groups is 2. The molecule has 0 spiro atoms. The van der Waals surface area contributed by atoms with Crippen molar-refractivity contribution in [3.8, 4) is 0 Å². The minimum Gasteiger partial charge on any atom is -0.350 e. The summed E-state index contributed by atoms with van der Waals surface area (Å²) in [5.41, 5.74) is -0.172. The number of Topliss-reactive ketones (excluding diaryl/α,β-unsaturated/α-hetero) is 1. The maximum atomic E-state index is 11.7. The Bertz CT molecular complexity index is 286. The number of hydrogen-bond donors (Lipinski definition) is 1. The van der Waals surface area contributed by atoms with Crippen molar-refractivity contribution in [2.75, 3.05) is 19.6 Å². The number of rotatable bonds is 3. The molecule has 1 saturated heterocycles. The van der Waals surface area contributed by atoms with Gasteiger partial charge in [-0.05, 0) is 53.6 Å². The summed E-state index contributed by atoms with van der Waals surface area (Å²) in [5.74, 6) is 0.555. The monoisotopic (exact) mass is 240 g/mol. The fourth-order valence-corrected chi connectivity index (χ4v) is 2.16. The fraction of sp³-hybridized carbons (Fsp3) is 0.846. The van der Waals surface area contributed by atoms with Crippen LogP contribution in [-0.4, -0.2) is 41.8 Å². The second-order valence-electron chi connectivity index (χ2n) is 5.96. The number of nitrogens with zero attached hydrogens (tertiary/aromatic N) is 1. The van der Waals surface area contributed by atoms with Crippen LogP contribution in [0.2, 0.25) is 0 Å². The molecule has 17 heavy (non-hydrogen) atoms. The molecule has 1 rings (SSSR count). The highest BCUT2D eigenvalue weighted by molar-refractivity contribution is 5.79. The van der Waals surface area contributed by atoms with Crippen molar-refractivity contribution in [2.45, 2.75) is 46.1 Å². The van der Waals surface area contributed by atoms with E-state index in [0.717, 1.165) is 25.9 Å². The molecular weight excluding hydrogens is 216 g/mol. The Morgan fingerprint density at radius 2 is 1.76 bits per heavy atom. The fourth-order valence-electron chi connectivity index (χ4n) is 2.16. The largest absolute Gasteiger partial charge is 0.350 e. The Balaban J connectivity index is 2.31. The second-order valence-corrected chi connectivity index (χ2v) is 5.96. The van der Waals surface area contributed by atoms with Crippen LogP contribution in [0.1, 0.15) is 40.5 Å². The summed E-state index contributed by atoms with van der Waals surface area (Å²) >= 11 is 0. The number of hydrogen-bond acceptors (Lipinski definition) is 3. The molecule has 4 nitrogen and oxygen atoms in total. The normalized spacial score (nSPS) is 19.1. The summed E-state index contributed by atoms with van der Waals surface area (Å²) in [6, 6.07) is 0. The van der Waals surface area contributed by atoms with Gasteiger partial charge in [-0.2, -0.15) is 0 Å². The number of amides is 1. The Morgan fingerprint density at radius 3 is 2.18 bits per heavy atom. The maximum absolute atomic E-state index is 11.7. The Labute approximate surface area is 104 Å². The minimum atomic E-state index is -0.172. The van der Waals surface area contributed by atoms with Crippen molar-refractivity contribution < 1.29 is 9.59 Å². The maximum Gasteiger partial charge on any atom is 0.234 e. The van der Waals surface area contributed by atoms with Crippen LogP contribution in [-0.2, 0) is 9.59 Å². The zero-order valence-corrected chi connectivity index (χ0v) is 11.4. The lowest BCUT2D eigenvalue weighted by atomic mass is 9.93. The third-order valence-electron chi connectivity index (χ3n) is 3.04. The van der Waals surface area contributed by atoms with Crippen LogP contribution >= 0.6 is 0 Å². The molecule has 1 aliphatic heterocycles. The lowest BCUT2D eigenvalue weighted by Gasteiger charge is -2.31. The van der Waals surface area contributed by atoms with E-state index in [0.29, 0.717) is 6.54 Å². The lowest BCUT2D eigenvalue weighted by Crippen LogP contribution is -2.47. The number of likely N-dealkylation sites (tertiary alicyclic amines) is 1. The van der Waals surface area contributed by atoms with Gasteiger partial charge < -0.3 is 5.32 Å². The molecular formula is C13H24N2O2. The van der Waals surface area contributed by atoms with Gasteiger partial charge in [0.25, 0.3) is 0 Å². The molecule has 4 heteroatoms. The average Bonchev–Trinajstić information content (AvgIpc) is 2.15. The zero-order valence-electron chi connectivity index (χ0n) is 11.4. The molecule has 1 aliphatic rings. The van der Waals surface area contributed by atoms with Crippen molar-refractivity contribution in [3.05, 3.63) is 0 Å². The van der Waals surface area contributed by atoms with Crippen molar-refractivity contribution >= 4 is 11.7 Å². The number of carbonyl (C=O) groups excluding carboxylic acids is 2. The Morgan fingerprint density at radius 1 is 1.24 bits per heavy atom. The topological polar surface area (TPSA) is 49.4 Å². The zero-order chi connectivity index (χ0) is 13.1. The summed E-state index contributed by atoms with van der Waals surface area (Å²) in [4.78, 5) is 25.1. The average molecular weight is 240 g/mol. The van der Waals surface area contributed by atoms with E-state index in [1.165, 1.54) is 0 Å². The van der Waals surface area contributed by atoms with Gasteiger partial charge in [-0.15, -0.1) is 0 Å². The summed E-state index contributed by atoms with van der Waals surface area (Å²) in [5, 5.41) is 2.95. The molecule has 0 unspecified atom stereocenters. The molecule has 0 radical (unpaired) electrons. The van der Waals surface area contributed by atoms with Crippen molar-refractivity contribution in [3.63, 3.8) is 0 Å². The second kappa shape index (κ2) is 5.63. The van der Waals surface area contributed by atoms with Crippen LogP contribution in [0.25, 0.3) is 0 Å². The molecule has 0 saturated carbocycles. The van der Waals surface area contributed by atoms with Crippen LogP contribution in [0.15, 0.2) is 0 Å². The highest BCUT2D eigenvalue weighted by Crippen LogP contribution is 2.17. The third kappa shape index (κ3) is 5.31. The van der Waals surface area contributed by atoms with Crippen molar-refractivity contribution in [2.24, 2.45) is 5.92 Å². The number of ketones is 1. The molecule has 0 atom stereocenters. The SMILES string of the molecule is CC(=O)C1CCN(CC(=O)NC(C)(C)C)CC1. The molecule has 0 aliphatic carbocycles. The van der Waals surface area contributed by atoms with Crippen LogP contribution < -0.4 is 5.32 Å². The van der Waals surface area contributed by atoms with Crippen LogP contribution in [0.4, 0.5) is 0 Å². The lowest BCUT2D eigenvalue weighted by molar-refractivity contribution is -0.124. The smallest absolute Gasteiger partial charge is 0.234 e. The van der Waals surface area contributed by atoms with Gasteiger partial charge in [-0.25, -0.2) is 0 Å². The molecule has 98 valence electrons. The van der Waals surface area contributed by atoms with Gasteiger partial charge in [0.2, 0.25) is 5.91 Å². The molecule has 1 heterocycles. The van der Waals surface area contributed by atoms with Gasteiger partial charge in [0, 0.05) is 11.5 Å². The Hall–Kier alpha value is -0.900. The summed E-state index contributed by atoms with van der Waals surface area (Å²) in [6.07, 6.45) is 1.77. The predicted molar refractivity (Wildman–Crippen MR) is 67.7 cm³/mol. The van der Waals surface area contributed by atoms with Gasteiger partial charge in [0.15, 0.2) is 0 Å². The predicted octanol–water partition coefficient (Wildman–Crippen LogP) is 1.20. The molecule has 0 aromatic rings. The first-order chi connectivity index (χ1) is 7.78. The van der Waals surface area contributed by atoms with E-state index in [2.05, 4.69) is 10.2 Å². The molecule has 1 fully saturated rings. The first kappa shape index (κ1) is 14.2. The summed E-state index contributed by atoms with van der Waals surface area (Å²) in [6.45, 7) is 9.74. The van der Waals surface area contributed by atoms with Gasteiger partial charge in [0.1, 0.15) is 5.78 Å². The van der Waals surface area contributed by atoms with Crippen molar-refractivity contribution in [1.29, 1.82) is 0 Å². The van der Waals surface area contributed by atoms with E-state index in [4.69, 9.17) is 0 Å². The number of piperidine rings is 1. The van der Waals surface area contributed by atoms with Crippen LogP contribution in [0.5, 0.6) is 0 Å². The summed E-state index contributed by atoms with van der Waals surface area (Å²) in [7, 11) is 0. The van der Waals surface area contributed by atoms with Crippen LogP contribution in [0.3, 0.4) is 0 Å². The number of nitrogens with one attached hydrogen (secondary N) is 1. The van der Waals surface area contributed by atoms with E-state index in [1.54, 1.807) is 6.92 Å². The van der Waals surface area contributed by atoms with Crippen LogP contribution in [0, 0.1) is 5.92 Å². The van der Waals surface area contributed by atoms with E-state index in [9.17, 15) is 9.59 Å². The minimum absolute atomic E-state index is 0.0683. The summed E-state index contributed by atoms with van der Waals surface area (Å²) < 4.78 is 0. The Kier molecular flexibility index (Phi) is 4.69. The first-order valence-electron chi connectivity index (χ1n) is 6.32. The van der Waals surface area contributed by atoms with E-state index in [-0.39, 0.29) is 23.1 Å². The molecule has 1 N–H and O–H groups in total. The molecule has 0 bridgehead atoms. The standard InChI is InChI=1S/C13H24N2O2/c1-10(16)11-5-7-15(8-6-11)9-12(17)14-13(2,3)4/h11H,5-9H2,1-4H3,(H,14,17). The molecule has 0 aromatic heterocycles. The van der Waals surface area contributed by atoms with Gasteiger partial charge in [-0.1, -0.05) is 0 Å². The highest BCUT2D eigenvalue weighted by Gasteiger charge is 2.24. The molecule has 1 amide bonds.